The lowest BCUT2D eigenvalue weighted by Gasteiger charge is -2.03. The van der Waals surface area contributed by atoms with Gasteiger partial charge >= 0.3 is 0 Å². The number of pyridine rings is 1. The summed E-state index contributed by atoms with van der Waals surface area (Å²) in [5, 5.41) is 8.39. The second-order valence-corrected chi connectivity index (χ2v) is 4.10. The SMILES string of the molecule is CCNc1nc(N)n(-c2ccc3ccccc3n2)n1. The van der Waals surface area contributed by atoms with E-state index in [0.717, 1.165) is 17.4 Å². The second-order valence-electron chi connectivity index (χ2n) is 4.10. The van der Waals surface area contributed by atoms with Crippen LogP contribution in [0.2, 0.25) is 0 Å². The lowest BCUT2D eigenvalue weighted by molar-refractivity contribution is 0.862. The van der Waals surface area contributed by atoms with Crippen LogP contribution in [0, 0.1) is 0 Å². The summed E-state index contributed by atoms with van der Waals surface area (Å²) in [6, 6.07) is 11.8. The molecule has 0 saturated heterocycles. The van der Waals surface area contributed by atoms with Gasteiger partial charge in [-0.3, -0.25) is 0 Å². The van der Waals surface area contributed by atoms with Crippen molar-refractivity contribution in [2.75, 3.05) is 17.6 Å². The third-order valence-electron chi connectivity index (χ3n) is 2.77. The van der Waals surface area contributed by atoms with Crippen LogP contribution < -0.4 is 11.1 Å². The van der Waals surface area contributed by atoms with E-state index in [9.17, 15) is 0 Å². The maximum atomic E-state index is 5.86. The summed E-state index contributed by atoms with van der Waals surface area (Å²) < 4.78 is 1.53. The van der Waals surface area contributed by atoms with Gasteiger partial charge in [-0.1, -0.05) is 18.2 Å². The first-order chi connectivity index (χ1) is 9.28. The predicted molar refractivity (Wildman–Crippen MR) is 75.2 cm³/mol. The highest BCUT2D eigenvalue weighted by molar-refractivity contribution is 5.79. The molecule has 0 radical (unpaired) electrons. The number of hydrogen-bond donors (Lipinski definition) is 2. The molecule has 0 amide bonds. The summed E-state index contributed by atoms with van der Waals surface area (Å²) in [4.78, 5) is 8.67. The van der Waals surface area contributed by atoms with Crippen LogP contribution in [0.25, 0.3) is 16.7 Å². The molecule has 2 heterocycles. The maximum Gasteiger partial charge on any atom is 0.244 e. The van der Waals surface area contributed by atoms with Crippen LogP contribution in [0.3, 0.4) is 0 Å². The summed E-state index contributed by atoms with van der Waals surface area (Å²) in [5.74, 6) is 1.49. The lowest BCUT2D eigenvalue weighted by atomic mass is 10.2. The van der Waals surface area contributed by atoms with Crippen molar-refractivity contribution in [1.29, 1.82) is 0 Å². The molecule has 96 valence electrons. The van der Waals surface area contributed by atoms with Crippen LogP contribution in [-0.2, 0) is 0 Å². The van der Waals surface area contributed by atoms with Gasteiger partial charge in [0.1, 0.15) is 0 Å². The first-order valence-electron chi connectivity index (χ1n) is 6.10. The molecule has 3 aromatic rings. The van der Waals surface area contributed by atoms with Crippen molar-refractivity contribution in [3.63, 3.8) is 0 Å². The Hall–Kier alpha value is -2.63. The van der Waals surface area contributed by atoms with Gasteiger partial charge in [0.25, 0.3) is 0 Å². The van der Waals surface area contributed by atoms with Crippen molar-refractivity contribution in [2.45, 2.75) is 6.92 Å². The first kappa shape index (κ1) is 11.5. The van der Waals surface area contributed by atoms with Crippen molar-refractivity contribution in [2.24, 2.45) is 0 Å². The fourth-order valence-corrected chi connectivity index (χ4v) is 1.90. The molecular formula is C13H14N6. The molecule has 0 unspecified atom stereocenters. The normalized spacial score (nSPS) is 10.8. The highest BCUT2D eigenvalue weighted by atomic mass is 15.4. The summed E-state index contributed by atoms with van der Waals surface area (Å²) in [6.07, 6.45) is 0. The molecule has 0 aliphatic heterocycles. The third kappa shape index (κ3) is 2.08. The molecule has 3 rings (SSSR count). The van der Waals surface area contributed by atoms with Crippen LogP contribution in [-0.4, -0.2) is 26.3 Å². The van der Waals surface area contributed by atoms with Gasteiger partial charge in [-0.05, 0) is 25.1 Å². The Morgan fingerprint density at radius 1 is 1.16 bits per heavy atom. The van der Waals surface area contributed by atoms with E-state index in [1.165, 1.54) is 4.68 Å². The second kappa shape index (κ2) is 4.56. The molecular weight excluding hydrogens is 240 g/mol. The van der Waals surface area contributed by atoms with Gasteiger partial charge in [0.2, 0.25) is 11.9 Å². The molecule has 0 atom stereocenters. The molecule has 6 heteroatoms. The fraction of sp³-hybridized carbons (Fsp3) is 0.154. The van der Waals surface area contributed by atoms with Crippen LogP contribution in [0.1, 0.15) is 6.92 Å². The number of benzene rings is 1. The summed E-state index contributed by atoms with van der Waals surface area (Å²) in [7, 11) is 0. The van der Waals surface area contributed by atoms with Gasteiger partial charge in [-0.2, -0.15) is 9.67 Å². The van der Waals surface area contributed by atoms with E-state index in [4.69, 9.17) is 5.73 Å². The van der Waals surface area contributed by atoms with Gasteiger partial charge in [-0.15, -0.1) is 5.10 Å². The van der Waals surface area contributed by atoms with Gasteiger partial charge in [0, 0.05) is 11.9 Å². The Morgan fingerprint density at radius 3 is 2.84 bits per heavy atom. The van der Waals surface area contributed by atoms with Crippen LogP contribution in [0.5, 0.6) is 0 Å². The standard InChI is InChI=1S/C13H14N6/c1-2-15-13-17-12(14)19(18-13)11-8-7-9-5-3-4-6-10(9)16-11/h3-8H,2H2,1H3,(H3,14,15,17,18). The van der Waals surface area contributed by atoms with Gasteiger partial charge in [0.05, 0.1) is 5.52 Å². The number of anilines is 2. The van der Waals surface area contributed by atoms with Gasteiger partial charge < -0.3 is 11.1 Å². The minimum absolute atomic E-state index is 0.318. The Kier molecular flexibility index (Phi) is 2.75. The number of hydrogen-bond acceptors (Lipinski definition) is 5. The highest BCUT2D eigenvalue weighted by Crippen LogP contribution is 2.16. The van der Waals surface area contributed by atoms with Crippen molar-refractivity contribution >= 4 is 22.8 Å². The fourth-order valence-electron chi connectivity index (χ4n) is 1.90. The molecule has 0 fully saturated rings. The van der Waals surface area contributed by atoms with E-state index in [0.29, 0.717) is 17.7 Å². The van der Waals surface area contributed by atoms with E-state index in [-0.39, 0.29) is 0 Å². The van der Waals surface area contributed by atoms with Gasteiger partial charge in [-0.25, -0.2) is 4.98 Å². The number of nitrogens with two attached hydrogens (primary N) is 1. The van der Waals surface area contributed by atoms with E-state index < -0.39 is 0 Å². The molecule has 2 aromatic heterocycles. The molecule has 3 N–H and O–H groups in total. The van der Waals surface area contributed by atoms with E-state index in [2.05, 4.69) is 20.4 Å². The average molecular weight is 254 g/mol. The van der Waals surface area contributed by atoms with E-state index >= 15 is 0 Å². The zero-order valence-electron chi connectivity index (χ0n) is 10.5. The van der Waals surface area contributed by atoms with Gasteiger partial charge in [0.15, 0.2) is 5.82 Å². The number of nitrogens with zero attached hydrogens (tertiary/aromatic N) is 4. The Bertz CT molecular complexity index is 718. The minimum Gasteiger partial charge on any atom is -0.368 e. The van der Waals surface area contributed by atoms with E-state index in [1.54, 1.807) is 0 Å². The van der Waals surface area contributed by atoms with Crippen molar-refractivity contribution < 1.29 is 0 Å². The summed E-state index contributed by atoms with van der Waals surface area (Å²) in [6.45, 7) is 2.72. The molecule has 6 nitrogen and oxygen atoms in total. The Morgan fingerprint density at radius 2 is 2.00 bits per heavy atom. The highest BCUT2D eigenvalue weighted by Gasteiger charge is 2.09. The van der Waals surface area contributed by atoms with Crippen molar-refractivity contribution in [3.05, 3.63) is 36.4 Å². The number of nitrogen functional groups attached to an aromatic ring is 1. The molecule has 1 aromatic carbocycles. The van der Waals surface area contributed by atoms with E-state index in [1.807, 2.05) is 43.3 Å². The zero-order chi connectivity index (χ0) is 13.2. The smallest absolute Gasteiger partial charge is 0.244 e. The van der Waals surface area contributed by atoms with Crippen molar-refractivity contribution in [3.8, 4) is 5.82 Å². The first-order valence-corrected chi connectivity index (χ1v) is 6.10. The Balaban J connectivity index is 2.08. The largest absolute Gasteiger partial charge is 0.368 e. The molecule has 0 aliphatic carbocycles. The number of rotatable bonds is 3. The number of fused-ring (bicyclic) bond motifs is 1. The third-order valence-corrected chi connectivity index (χ3v) is 2.77. The number of para-hydroxylation sites is 1. The predicted octanol–water partition coefficient (Wildman–Crippen LogP) is 1.83. The van der Waals surface area contributed by atoms with Crippen LogP contribution in [0.4, 0.5) is 11.9 Å². The molecule has 0 bridgehead atoms. The zero-order valence-corrected chi connectivity index (χ0v) is 10.5. The number of aromatic nitrogens is 4. The molecule has 0 spiro atoms. The topological polar surface area (TPSA) is 81.6 Å². The number of nitrogens with one attached hydrogen (secondary N) is 1. The lowest BCUT2D eigenvalue weighted by Crippen LogP contribution is -2.05. The van der Waals surface area contributed by atoms with Crippen LogP contribution in [0.15, 0.2) is 36.4 Å². The maximum absolute atomic E-state index is 5.86. The monoisotopic (exact) mass is 254 g/mol. The van der Waals surface area contributed by atoms with Crippen LogP contribution >= 0.6 is 0 Å². The summed E-state index contributed by atoms with van der Waals surface area (Å²) in [5.41, 5.74) is 6.76. The molecule has 0 saturated carbocycles. The summed E-state index contributed by atoms with van der Waals surface area (Å²) >= 11 is 0. The Labute approximate surface area is 110 Å². The molecule has 0 aliphatic rings. The average Bonchev–Trinajstić information content (AvgIpc) is 2.79. The minimum atomic E-state index is 0.318. The quantitative estimate of drug-likeness (QED) is 0.745. The van der Waals surface area contributed by atoms with Crippen molar-refractivity contribution in [1.82, 2.24) is 19.7 Å². The molecule has 19 heavy (non-hydrogen) atoms.